The lowest BCUT2D eigenvalue weighted by Crippen LogP contribution is -2.15. The zero-order chi connectivity index (χ0) is 25.1. The molecule has 2 nitrogen and oxygen atoms in total. The van der Waals surface area contributed by atoms with Crippen LogP contribution >= 0.6 is 0 Å². The summed E-state index contributed by atoms with van der Waals surface area (Å²) in [4.78, 5) is 0. The van der Waals surface area contributed by atoms with E-state index >= 15 is 0 Å². The van der Waals surface area contributed by atoms with Crippen molar-refractivity contribution in [3.8, 4) is 22.6 Å². The maximum Gasteiger partial charge on any atom is 0.201 e. The highest BCUT2D eigenvalue weighted by Gasteiger charge is 2.21. The summed E-state index contributed by atoms with van der Waals surface area (Å²) in [6.07, 6.45) is 3.68. The third-order valence-corrected chi connectivity index (χ3v) is 6.20. The lowest BCUT2D eigenvalue weighted by molar-refractivity contribution is 0.231. The molecule has 0 aliphatic heterocycles. The van der Waals surface area contributed by atoms with Crippen LogP contribution in [0.25, 0.3) is 16.7 Å². The van der Waals surface area contributed by atoms with Crippen molar-refractivity contribution in [2.45, 2.75) is 33.1 Å². The van der Waals surface area contributed by atoms with Crippen LogP contribution in [-0.4, -0.2) is 13.2 Å². The molecule has 1 aliphatic carbocycles. The Labute approximate surface area is 201 Å². The number of allylic oxidation sites excluding steroid dienone is 2. The van der Waals surface area contributed by atoms with Gasteiger partial charge in [-0.1, -0.05) is 24.3 Å². The summed E-state index contributed by atoms with van der Waals surface area (Å²) < 4.78 is 82.2. The molecule has 1 aliphatic rings. The number of aryl methyl sites for hydroxylation is 1. The van der Waals surface area contributed by atoms with Gasteiger partial charge in [-0.25, -0.2) is 17.6 Å². The van der Waals surface area contributed by atoms with Crippen molar-refractivity contribution >= 4 is 5.57 Å². The third-order valence-electron chi connectivity index (χ3n) is 6.20. The van der Waals surface area contributed by atoms with Crippen LogP contribution in [-0.2, 0) is 0 Å². The van der Waals surface area contributed by atoms with Crippen molar-refractivity contribution < 1.29 is 31.4 Å². The normalized spacial score (nSPS) is 15.6. The first-order valence-electron chi connectivity index (χ1n) is 11.5. The van der Waals surface area contributed by atoms with E-state index in [9.17, 15) is 22.0 Å². The molecule has 1 atom stereocenters. The Morgan fingerprint density at radius 3 is 2.20 bits per heavy atom. The largest absolute Gasteiger partial charge is 0.491 e. The number of halogens is 5. The number of rotatable bonds is 7. The van der Waals surface area contributed by atoms with Crippen LogP contribution in [0.3, 0.4) is 0 Å². The second-order valence-electron chi connectivity index (χ2n) is 8.56. The average molecular weight is 488 g/mol. The molecule has 3 aromatic carbocycles. The summed E-state index contributed by atoms with van der Waals surface area (Å²) in [5, 5.41) is 0. The van der Waals surface area contributed by atoms with Gasteiger partial charge in [0.05, 0.1) is 13.2 Å². The number of benzene rings is 3. The van der Waals surface area contributed by atoms with E-state index in [0.717, 1.165) is 11.6 Å². The van der Waals surface area contributed by atoms with Crippen LogP contribution < -0.4 is 9.47 Å². The fourth-order valence-corrected chi connectivity index (χ4v) is 4.19. The van der Waals surface area contributed by atoms with Crippen LogP contribution in [0.1, 0.15) is 37.3 Å². The highest BCUT2D eigenvalue weighted by Crippen LogP contribution is 2.35. The monoisotopic (exact) mass is 488 g/mol. The summed E-state index contributed by atoms with van der Waals surface area (Å²) in [7, 11) is 0. The molecule has 184 valence electrons. The Kier molecular flexibility index (Phi) is 7.43. The van der Waals surface area contributed by atoms with Gasteiger partial charge in [-0.15, -0.1) is 0 Å². The van der Waals surface area contributed by atoms with Gasteiger partial charge in [-0.3, -0.25) is 0 Å². The lowest BCUT2D eigenvalue weighted by Gasteiger charge is -2.23. The first kappa shape index (κ1) is 24.8. The fraction of sp³-hybridized carbons (Fsp3) is 0.286. The SMILES string of the molecule is CCOc1ccc(-c2ccc(OCC3CC=C(c4ccc(C)c(F)c4F)CC3)c(F)c2)c(F)c1F. The van der Waals surface area contributed by atoms with Crippen molar-refractivity contribution in [1.82, 2.24) is 0 Å². The van der Waals surface area contributed by atoms with Gasteiger partial charge in [0.25, 0.3) is 0 Å². The minimum atomic E-state index is -1.12. The van der Waals surface area contributed by atoms with Gasteiger partial charge >= 0.3 is 0 Å². The minimum absolute atomic E-state index is 0.00185. The predicted molar refractivity (Wildman–Crippen MR) is 125 cm³/mol. The molecule has 0 bridgehead atoms. The second kappa shape index (κ2) is 10.5. The number of ether oxygens (including phenoxy) is 2. The quantitative estimate of drug-likeness (QED) is 0.314. The molecule has 0 N–H and O–H groups in total. The smallest absolute Gasteiger partial charge is 0.201 e. The van der Waals surface area contributed by atoms with E-state index in [-0.39, 0.29) is 52.9 Å². The first-order chi connectivity index (χ1) is 16.8. The lowest BCUT2D eigenvalue weighted by atomic mass is 9.86. The molecule has 35 heavy (non-hydrogen) atoms. The minimum Gasteiger partial charge on any atom is -0.491 e. The fourth-order valence-electron chi connectivity index (χ4n) is 4.19. The van der Waals surface area contributed by atoms with Gasteiger partial charge in [0, 0.05) is 11.1 Å². The number of hydrogen-bond donors (Lipinski definition) is 0. The molecular weight excluding hydrogens is 463 g/mol. The molecule has 7 heteroatoms. The van der Waals surface area contributed by atoms with Gasteiger partial charge in [0.1, 0.15) is 0 Å². The van der Waals surface area contributed by atoms with Crippen molar-refractivity contribution in [2.24, 2.45) is 5.92 Å². The highest BCUT2D eigenvalue weighted by molar-refractivity contribution is 5.67. The summed E-state index contributed by atoms with van der Waals surface area (Å²) in [6.45, 7) is 3.60. The Hall–Kier alpha value is -3.35. The molecule has 0 heterocycles. The Balaban J connectivity index is 1.41. The Bertz CT molecular complexity index is 1270. The van der Waals surface area contributed by atoms with Crippen LogP contribution in [0, 0.1) is 41.9 Å². The summed E-state index contributed by atoms with van der Waals surface area (Å²) in [5.41, 5.74) is 1.37. The van der Waals surface area contributed by atoms with E-state index in [1.54, 1.807) is 19.1 Å². The molecule has 1 unspecified atom stereocenters. The first-order valence-corrected chi connectivity index (χ1v) is 11.5. The van der Waals surface area contributed by atoms with Gasteiger partial charge in [-0.05, 0) is 80.0 Å². The van der Waals surface area contributed by atoms with Gasteiger partial charge in [0.15, 0.2) is 34.8 Å². The topological polar surface area (TPSA) is 18.5 Å². The molecule has 0 amide bonds. The molecular formula is C28H25F5O2. The zero-order valence-electron chi connectivity index (χ0n) is 19.4. The third kappa shape index (κ3) is 5.19. The zero-order valence-corrected chi connectivity index (χ0v) is 19.4. The van der Waals surface area contributed by atoms with E-state index < -0.39 is 29.1 Å². The maximum atomic E-state index is 14.7. The van der Waals surface area contributed by atoms with Crippen LogP contribution in [0.15, 0.2) is 48.5 Å². The highest BCUT2D eigenvalue weighted by atomic mass is 19.2. The van der Waals surface area contributed by atoms with Crippen molar-refractivity contribution in [1.29, 1.82) is 0 Å². The van der Waals surface area contributed by atoms with E-state index in [2.05, 4.69) is 0 Å². The van der Waals surface area contributed by atoms with Crippen LogP contribution in [0.2, 0.25) is 0 Å². The van der Waals surface area contributed by atoms with Gasteiger partial charge < -0.3 is 9.47 Å². The molecule has 0 saturated carbocycles. The Morgan fingerprint density at radius 2 is 1.51 bits per heavy atom. The Morgan fingerprint density at radius 1 is 0.800 bits per heavy atom. The summed E-state index contributed by atoms with van der Waals surface area (Å²) in [6, 6.07) is 9.74. The average Bonchev–Trinajstić information content (AvgIpc) is 2.85. The standard InChI is InChI=1S/C28H25F5O2/c1-3-34-24-13-11-21(27(32)28(24)33)19-9-12-23(22(29)14-19)35-15-17-5-7-18(8-6-17)20-10-4-16(2)25(30)26(20)31/h4,7,9-14,17H,3,5-6,8,15H2,1-2H3. The van der Waals surface area contributed by atoms with Gasteiger partial charge in [-0.2, -0.15) is 4.39 Å². The van der Waals surface area contributed by atoms with E-state index in [0.29, 0.717) is 19.3 Å². The van der Waals surface area contributed by atoms with Crippen molar-refractivity contribution in [3.63, 3.8) is 0 Å². The van der Waals surface area contributed by atoms with E-state index in [4.69, 9.17) is 9.47 Å². The molecule has 0 saturated heterocycles. The maximum absolute atomic E-state index is 14.7. The summed E-state index contributed by atoms with van der Waals surface area (Å²) in [5.74, 6) is -4.72. The van der Waals surface area contributed by atoms with E-state index in [1.807, 2.05) is 6.08 Å². The van der Waals surface area contributed by atoms with Crippen molar-refractivity contribution in [2.75, 3.05) is 13.2 Å². The molecule has 3 aromatic rings. The molecule has 0 aromatic heterocycles. The molecule has 4 rings (SSSR count). The molecule has 0 spiro atoms. The summed E-state index contributed by atoms with van der Waals surface area (Å²) >= 11 is 0. The number of hydrogen-bond acceptors (Lipinski definition) is 2. The van der Waals surface area contributed by atoms with Crippen LogP contribution in [0.4, 0.5) is 22.0 Å². The second-order valence-corrected chi connectivity index (χ2v) is 8.56. The van der Waals surface area contributed by atoms with Crippen LogP contribution in [0.5, 0.6) is 11.5 Å². The van der Waals surface area contributed by atoms with Crippen molar-refractivity contribution in [3.05, 3.63) is 88.8 Å². The van der Waals surface area contributed by atoms with Gasteiger partial charge in [0.2, 0.25) is 5.82 Å². The molecule has 0 radical (unpaired) electrons. The van der Waals surface area contributed by atoms with E-state index in [1.165, 1.54) is 31.2 Å². The molecule has 0 fully saturated rings. The predicted octanol–water partition coefficient (Wildman–Crippen LogP) is 8.02.